The van der Waals surface area contributed by atoms with Crippen LogP contribution in [0.15, 0.2) is 48.5 Å². The van der Waals surface area contributed by atoms with Gasteiger partial charge in [0.1, 0.15) is 0 Å². The second-order valence-corrected chi connectivity index (χ2v) is 8.57. The maximum Gasteiger partial charge on any atom is 0.270 e. The lowest BCUT2D eigenvalue weighted by atomic mass is 10.1. The first-order valence-corrected chi connectivity index (χ1v) is 11.4. The van der Waals surface area contributed by atoms with Crippen LogP contribution >= 0.6 is 0 Å². The average molecular weight is 438 g/mol. The van der Waals surface area contributed by atoms with Gasteiger partial charge in [0.05, 0.1) is 16.2 Å². The van der Waals surface area contributed by atoms with Gasteiger partial charge in [0, 0.05) is 69.7 Å². The van der Waals surface area contributed by atoms with Crippen LogP contribution in [0.1, 0.15) is 30.1 Å². The first kappa shape index (κ1) is 22.1. The molecule has 2 aliphatic heterocycles. The SMILES string of the molecule is CC(CNC(=O)c1cc([N+](=O)[O-])ccc1N1CCCC1)N1CCN(c2ccccc2)CC1. The first-order valence-electron chi connectivity index (χ1n) is 11.4. The van der Waals surface area contributed by atoms with Gasteiger partial charge in [-0.1, -0.05) is 18.2 Å². The lowest BCUT2D eigenvalue weighted by molar-refractivity contribution is -0.384. The molecule has 2 saturated heterocycles. The number of hydrogen-bond acceptors (Lipinski definition) is 6. The van der Waals surface area contributed by atoms with E-state index in [9.17, 15) is 14.9 Å². The number of carbonyl (C=O) groups is 1. The average Bonchev–Trinajstić information content (AvgIpc) is 3.37. The fraction of sp³-hybridized carbons (Fsp3) is 0.458. The number of nitro groups is 1. The largest absolute Gasteiger partial charge is 0.371 e. The summed E-state index contributed by atoms with van der Waals surface area (Å²) in [6.07, 6.45) is 2.15. The highest BCUT2D eigenvalue weighted by Crippen LogP contribution is 2.28. The number of amides is 1. The molecule has 1 N–H and O–H groups in total. The van der Waals surface area contributed by atoms with E-state index in [0.717, 1.165) is 57.8 Å². The van der Waals surface area contributed by atoms with Crippen molar-refractivity contribution in [2.24, 2.45) is 0 Å². The molecule has 0 spiro atoms. The van der Waals surface area contributed by atoms with Crippen LogP contribution in [0.25, 0.3) is 0 Å². The molecular formula is C24H31N5O3. The molecule has 0 radical (unpaired) electrons. The Morgan fingerprint density at radius 2 is 1.69 bits per heavy atom. The number of nitrogens with one attached hydrogen (secondary N) is 1. The monoisotopic (exact) mass is 437 g/mol. The molecule has 0 bridgehead atoms. The maximum atomic E-state index is 13.0. The molecule has 2 heterocycles. The van der Waals surface area contributed by atoms with Crippen molar-refractivity contribution in [2.75, 3.05) is 55.6 Å². The van der Waals surface area contributed by atoms with Gasteiger partial charge in [-0.3, -0.25) is 19.8 Å². The molecule has 2 aromatic rings. The highest BCUT2D eigenvalue weighted by Gasteiger charge is 2.25. The van der Waals surface area contributed by atoms with Gasteiger partial charge in [-0.05, 0) is 38.0 Å². The Balaban J connectivity index is 1.36. The summed E-state index contributed by atoms with van der Waals surface area (Å²) in [7, 11) is 0. The lowest BCUT2D eigenvalue weighted by Crippen LogP contribution is -2.52. The Hall–Kier alpha value is -3.13. The summed E-state index contributed by atoms with van der Waals surface area (Å²) in [4.78, 5) is 30.8. The molecule has 1 unspecified atom stereocenters. The summed E-state index contributed by atoms with van der Waals surface area (Å²) in [5, 5.41) is 14.3. The third-order valence-corrected chi connectivity index (χ3v) is 6.50. The third-order valence-electron chi connectivity index (χ3n) is 6.50. The van der Waals surface area contributed by atoms with Gasteiger partial charge in [-0.25, -0.2) is 0 Å². The molecule has 4 rings (SSSR count). The Kier molecular flexibility index (Phi) is 6.90. The fourth-order valence-electron chi connectivity index (χ4n) is 4.58. The van der Waals surface area contributed by atoms with E-state index in [0.29, 0.717) is 12.1 Å². The Labute approximate surface area is 189 Å². The summed E-state index contributed by atoms with van der Waals surface area (Å²) in [6, 6.07) is 15.2. The molecule has 8 heteroatoms. The number of piperazine rings is 1. The number of para-hydroxylation sites is 1. The van der Waals surface area contributed by atoms with Gasteiger partial charge < -0.3 is 15.1 Å². The Morgan fingerprint density at radius 1 is 1.00 bits per heavy atom. The van der Waals surface area contributed by atoms with E-state index in [2.05, 4.69) is 51.2 Å². The minimum Gasteiger partial charge on any atom is -0.371 e. The van der Waals surface area contributed by atoms with Crippen molar-refractivity contribution in [2.45, 2.75) is 25.8 Å². The first-order chi connectivity index (χ1) is 15.5. The zero-order valence-electron chi connectivity index (χ0n) is 18.6. The number of benzene rings is 2. The zero-order chi connectivity index (χ0) is 22.5. The van der Waals surface area contributed by atoms with Gasteiger partial charge in [0.25, 0.3) is 11.6 Å². The van der Waals surface area contributed by atoms with Crippen molar-refractivity contribution in [1.29, 1.82) is 0 Å². The van der Waals surface area contributed by atoms with Gasteiger partial charge >= 0.3 is 0 Å². The highest BCUT2D eigenvalue weighted by molar-refractivity contribution is 6.00. The molecule has 2 aromatic carbocycles. The molecule has 1 amide bonds. The quantitative estimate of drug-likeness (QED) is 0.529. The summed E-state index contributed by atoms with van der Waals surface area (Å²) in [6.45, 7) is 8.14. The van der Waals surface area contributed by atoms with Crippen LogP contribution in [0, 0.1) is 10.1 Å². The molecule has 0 aliphatic carbocycles. The van der Waals surface area contributed by atoms with Crippen LogP contribution < -0.4 is 15.1 Å². The molecule has 32 heavy (non-hydrogen) atoms. The third kappa shape index (κ3) is 5.02. The van der Waals surface area contributed by atoms with Crippen LogP contribution in [0.4, 0.5) is 17.1 Å². The van der Waals surface area contributed by atoms with Crippen LogP contribution in [-0.4, -0.2) is 67.6 Å². The summed E-state index contributed by atoms with van der Waals surface area (Å²) in [5.74, 6) is -0.245. The molecule has 1 atom stereocenters. The number of hydrogen-bond donors (Lipinski definition) is 1. The Bertz CT molecular complexity index is 938. The number of carbonyl (C=O) groups excluding carboxylic acids is 1. The second kappa shape index (κ2) is 9.99. The van der Waals surface area contributed by atoms with Gasteiger partial charge in [0.2, 0.25) is 0 Å². The number of rotatable bonds is 7. The summed E-state index contributed by atoms with van der Waals surface area (Å²) in [5.41, 5.74) is 2.37. The molecule has 170 valence electrons. The van der Waals surface area contributed by atoms with Crippen LogP contribution in [0.5, 0.6) is 0 Å². The van der Waals surface area contributed by atoms with Crippen molar-refractivity contribution >= 4 is 23.0 Å². The zero-order valence-corrected chi connectivity index (χ0v) is 18.6. The fourth-order valence-corrected chi connectivity index (χ4v) is 4.58. The minimum atomic E-state index is -0.445. The number of anilines is 2. The van der Waals surface area contributed by atoms with E-state index in [-0.39, 0.29) is 17.6 Å². The van der Waals surface area contributed by atoms with Gasteiger partial charge in [-0.2, -0.15) is 0 Å². The predicted molar refractivity (Wildman–Crippen MR) is 127 cm³/mol. The number of nitrogens with zero attached hydrogens (tertiary/aromatic N) is 4. The number of non-ortho nitro benzene ring substituents is 1. The molecule has 0 saturated carbocycles. The minimum absolute atomic E-state index is 0.0526. The van der Waals surface area contributed by atoms with Crippen molar-refractivity contribution in [3.8, 4) is 0 Å². The van der Waals surface area contributed by atoms with Crippen molar-refractivity contribution in [3.05, 3.63) is 64.2 Å². The lowest BCUT2D eigenvalue weighted by Gasteiger charge is -2.39. The summed E-state index contributed by atoms with van der Waals surface area (Å²) < 4.78 is 0. The molecule has 2 fully saturated rings. The van der Waals surface area contributed by atoms with E-state index in [4.69, 9.17) is 0 Å². The predicted octanol–water partition coefficient (Wildman–Crippen LogP) is 3.14. The van der Waals surface area contributed by atoms with E-state index < -0.39 is 4.92 Å². The normalized spacial score (nSPS) is 17.9. The van der Waals surface area contributed by atoms with Gasteiger partial charge in [-0.15, -0.1) is 0 Å². The molecule has 0 aromatic heterocycles. The molecule has 2 aliphatic rings. The molecular weight excluding hydrogens is 406 g/mol. The van der Waals surface area contributed by atoms with Crippen LogP contribution in [0.2, 0.25) is 0 Å². The maximum absolute atomic E-state index is 13.0. The topological polar surface area (TPSA) is 82.0 Å². The number of nitro benzene ring substituents is 1. The van der Waals surface area contributed by atoms with E-state index >= 15 is 0 Å². The van der Waals surface area contributed by atoms with E-state index in [1.807, 2.05) is 6.07 Å². The van der Waals surface area contributed by atoms with E-state index in [1.54, 1.807) is 6.07 Å². The Morgan fingerprint density at radius 3 is 2.34 bits per heavy atom. The summed E-state index contributed by atoms with van der Waals surface area (Å²) >= 11 is 0. The van der Waals surface area contributed by atoms with Gasteiger partial charge in [0.15, 0.2) is 0 Å². The smallest absolute Gasteiger partial charge is 0.270 e. The standard InChI is InChI=1S/C24H31N5O3/c1-19(26-13-15-27(16-14-26)20-7-3-2-4-8-20)18-25-24(30)22-17-21(29(31)32)9-10-23(22)28-11-5-6-12-28/h2-4,7-10,17,19H,5-6,11-16,18H2,1H3,(H,25,30). The van der Waals surface area contributed by atoms with Crippen LogP contribution in [-0.2, 0) is 0 Å². The molecule has 8 nitrogen and oxygen atoms in total. The van der Waals surface area contributed by atoms with Crippen LogP contribution in [0.3, 0.4) is 0 Å². The van der Waals surface area contributed by atoms with Crippen molar-refractivity contribution < 1.29 is 9.72 Å². The van der Waals surface area contributed by atoms with Crippen molar-refractivity contribution in [3.63, 3.8) is 0 Å². The second-order valence-electron chi connectivity index (χ2n) is 8.57. The van der Waals surface area contributed by atoms with Crippen molar-refractivity contribution in [1.82, 2.24) is 10.2 Å². The highest BCUT2D eigenvalue weighted by atomic mass is 16.6. The van der Waals surface area contributed by atoms with E-state index in [1.165, 1.54) is 17.8 Å².